The van der Waals surface area contributed by atoms with Crippen molar-refractivity contribution >= 4 is 5.91 Å². The van der Waals surface area contributed by atoms with E-state index in [-0.39, 0.29) is 11.8 Å². The minimum Gasteiger partial charge on any atom is -0.497 e. The molecule has 1 aromatic heterocycles. The van der Waals surface area contributed by atoms with Gasteiger partial charge in [-0.05, 0) is 18.1 Å². The molecule has 170 valence electrons. The van der Waals surface area contributed by atoms with Crippen LogP contribution in [-0.2, 0) is 18.4 Å². The molecule has 0 saturated heterocycles. The Morgan fingerprint density at radius 1 is 1.03 bits per heavy atom. The molecule has 0 radical (unpaired) electrons. The standard InChI is InChI=1S/C26H33N3O3/c1-18(2)16-29(25(30)19(3)4)17-23-24(20-11-8-7-9-12-20)27-28(5)26(23)32-22-14-10-13-21(15-22)31-6/h7-15,18-19H,16-17H2,1-6H3. The van der Waals surface area contributed by atoms with Gasteiger partial charge in [-0.2, -0.15) is 5.10 Å². The number of carbonyl (C=O) groups is 1. The summed E-state index contributed by atoms with van der Waals surface area (Å²) in [5.74, 6) is 2.35. The van der Waals surface area contributed by atoms with Crippen LogP contribution in [0.25, 0.3) is 11.3 Å². The fourth-order valence-corrected chi connectivity index (χ4v) is 3.66. The Bertz CT molecular complexity index is 1040. The van der Waals surface area contributed by atoms with E-state index in [0.29, 0.717) is 36.4 Å². The second-order valence-electron chi connectivity index (χ2n) is 8.67. The largest absolute Gasteiger partial charge is 0.497 e. The third kappa shape index (κ3) is 5.49. The van der Waals surface area contributed by atoms with Crippen molar-refractivity contribution < 1.29 is 14.3 Å². The van der Waals surface area contributed by atoms with E-state index in [1.807, 2.05) is 80.4 Å². The van der Waals surface area contributed by atoms with Crippen LogP contribution < -0.4 is 9.47 Å². The van der Waals surface area contributed by atoms with Gasteiger partial charge in [-0.15, -0.1) is 0 Å². The molecule has 0 saturated carbocycles. The van der Waals surface area contributed by atoms with Gasteiger partial charge in [0.05, 0.1) is 19.2 Å². The molecule has 0 fully saturated rings. The quantitative estimate of drug-likeness (QED) is 0.443. The van der Waals surface area contributed by atoms with Crippen LogP contribution in [0.1, 0.15) is 33.3 Å². The third-order valence-corrected chi connectivity index (χ3v) is 5.13. The Hall–Kier alpha value is -3.28. The molecule has 6 heteroatoms. The summed E-state index contributed by atoms with van der Waals surface area (Å²) in [7, 11) is 3.49. The van der Waals surface area contributed by atoms with Crippen LogP contribution in [0.4, 0.5) is 0 Å². The predicted molar refractivity (Wildman–Crippen MR) is 127 cm³/mol. The van der Waals surface area contributed by atoms with Crippen LogP contribution in [0.3, 0.4) is 0 Å². The summed E-state index contributed by atoms with van der Waals surface area (Å²) in [5, 5.41) is 4.78. The van der Waals surface area contributed by atoms with Crippen LogP contribution in [0, 0.1) is 11.8 Å². The minimum atomic E-state index is -0.0895. The summed E-state index contributed by atoms with van der Waals surface area (Å²) in [5.41, 5.74) is 2.69. The van der Waals surface area contributed by atoms with E-state index in [1.165, 1.54) is 0 Å². The van der Waals surface area contributed by atoms with Gasteiger partial charge >= 0.3 is 0 Å². The van der Waals surface area contributed by atoms with E-state index in [1.54, 1.807) is 11.8 Å². The maximum atomic E-state index is 13.0. The van der Waals surface area contributed by atoms with Crippen molar-refractivity contribution in [2.24, 2.45) is 18.9 Å². The second kappa shape index (κ2) is 10.4. The first-order valence-electron chi connectivity index (χ1n) is 11.0. The average Bonchev–Trinajstić information content (AvgIpc) is 3.08. The van der Waals surface area contributed by atoms with Crippen LogP contribution in [0.15, 0.2) is 54.6 Å². The number of methoxy groups -OCH3 is 1. The van der Waals surface area contributed by atoms with Crippen LogP contribution in [0.5, 0.6) is 17.4 Å². The highest BCUT2D eigenvalue weighted by molar-refractivity contribution is 5.78. The van der Waals surface area contributed by atoms with Crippen molar-refractivity contribution in [3.8, 4) is 28.6 Å². The number of aryl methyl sites for hydroxylation is 1. The van der Waals surface area contributed by atoms with Gasteiger partial charge in [0.15, 0.2) is 0 Å². The molecule has 0 aliphatic rings. The van der Waals surface area contributed by atoms with Gasteiger partial charge in [0.25, 0.3) is 0 Å². The van der Waals surface area contributed by atoms with Gasteiger partial charge in [0.1, 0.15) is 17.2 Å². The molecule has 0 aliphatic carbocycles. The summed E-state index contributed by atoms with van der Waals surface area (Å²) in [4.78, 5) is 14.9. The molecule has 1 heterocycles. The molecule has 32 heavy (non-hydrogen) atoms. The molecular weight excluding hydrogens is 402 g/mol. The van der Waals surface area contributed by atoms with Crippen LogP contribution in [-0.4, -0.2) is 34.2 Å². The van der Waals surface area contributed by atoms with Crippen molar-refractivity contribution in [2.75, 3.05) is 13.7 Å². The Balaban J connectivity index is 2.08. The highest BCUT2D eigenvalue weighted by atomic mass is 16.5. The highest BCUT2D eigenvalue weighted by Gasteiger charge is 2.26. The minimum absolute atomic E-state index is 0.0895. The first kappa shape index (κ1) is 23.4. The molecule has 0 unspecified atom stereocenters. The first-order valence-corrected chi connectivity index (χ1v) is 11.0. The lowest BCUT2D eigenvalue weighted by Gasteiger charge is -2.27. The monoisotopic (exact) mass is 435 g/mol. The first-order chi connectivity index (χ1) is 15.3. The lowest BCUT2D eigenvalue weighted by atomic mass is 10.1. The number of amides is 1. The number of aromatic nitrogens is 2. The van der Waals surface area contributed by atoms with Crippen LogP contribution >= 0.6 is 0 Å². The van der Waals surface area contributed by atoms with E-state index in [9.17, 15) is 4.79 Å². The number of benzene rings is 2. The Morgan fingerprint density at radius 3 is 2.34 bits per heavy atom. The van der Waals surface area contributed by atoms with Gasteiger partial charge in [-0.25, -0.2) is 4.68 Å². The zero-order valence-corrected chi connectivity index (χ0v) is 19.8. The third-order valence-electron chi connectivity index (χ3n) is 5.13. The summed E-state index contributed by atoms with van der Waals surface area (Å²) in [6.45, 7) is 9.20. The molecule has 6 nitrogen and oxygen atoms in total. The fraction of sp³-hybridized carbons (Fsp3) is 0.385. The summed E-state index contributed by atoms with van der Waals surface area (Å²) in [6, 6.07) is 17.5. The number of hydrogen-bond acceptors (Lipinski definition) is 4. The predicted octanol–water partition coefficient (Wildman–Crippen LogP) is 5.53. The SMILES string of the molecule is COc1cccc(Oc2c(CN(CC(C)C)C(=O)C(C)C)c(-c3ccccc3)nn2C)c1. The molecule has 3 aromatic rings. The topological polar surface area (TPSA) is 56.6 Å². The van der Waals surface area contributed by atoms with E-state index in [2.05, 4.69) is 13.8 Å². The highest BCUT2D eigenvalue weighted by Crippen LogP contribution is 2.35. The molecule has 0 bridgehead atoms. The lowest BCUT2D eigenvalue weighted by molar-refractivity contribution is -0.135. The van der Waals surface area contributed by atoms with Crippen molar-refractivity contribution in [1.29, 1.82) is 0 Å². The zero-order valence-electron chi connectivity index (χ0n) is 19.8. The van der Waals surface area contributed by atoms with Crippen molar-refractivity contribution in [2.45, 2.75) is 34.2 Å². The average molecular weight is 436 g/mol. The molecule has 0 spiro atoms. The summed E-state index contributed by atoms with van der Waals surface area (Å²) in [6.07, 6.45) is 0. The second-order valence-corrected chi connectivity index (χ2v) is 8.67. The molecule has 2 aromatic carbocycles. The lowest BCUT2D eigenvalue weighted by Crippen LogP contribution is -2.36. The van der Waals surface area contributed by atoms with Gasteiger partial charge in [0.2, 0.25) is 11.8 Å². The van der Waals surface area contributed by atoms with Gasteiger partial charge in [-0.1, -0.05) is 64.1 Å². The number of carbonyl (C=O) groups excluding carboxylic acids is 1. The molecule has 0 N–H and O–H groups in total. The van der Waals surface area contributed by atoms with E-state index < -0.39 is 0 Å². The van der Waals surface area contributed by atoms with Crippen molar-refractivity contribution in [1.82, 2.24) is 14.7 Å². The van der Waals surface area contributed by atoms with E-state index in [4.69, 9.17) is 14.6 Å². The maximum absolute atomic E-state index is 13.0. The number of hydrogen-bond donors (Lipinski definition) is 0. The summed E-state index contributed by atoms with van der Waals surface area (Å²) >= 11 is 0. The molecule has 3 rings (SSSR count). The van der Waals surface area contributed by atoms with Crippen molar-refractivity contribution in [3.05, 3.63) is 60.2 Å². The Morgan fingerprint density at radius 2 is 1.72 bits per heavy atom. The van der Waals surface area contributed by atoms with Crippen LogP contribution in [0.2, 0.25) is 0 Å². The normalized spacial score (nSPS) is 11.1. The Labute approximate surface area is 190 Å². The zero-order chi connectivity index (χ0) is 23.3. The van der Waals surface area contributed by atoms with Crippen molar-refractivity contribution in [3.63, 3.8) is 0 Å². The molecule has 0 atom stereocenters. The number of rotatable bonds is 9. The van der Waals surface area contributed by atoms with E-state index >= 15 is 0 Å². The molecule has 1 amide bonds. The Kier molecular flexibility index (Phi) is 7.57. The van der Waals surface area contributed by atoms with Gasteiger partial charge in [-0.3, -0.25) is 4.79 Å². The number of ether oxygens (including phenoxy) is 2. The number of nitrogens with zero attached hydrogens (tertiary/aromatic N) is 3. The van der Waals surface area contributed by atoms with Gasteiger partial charge < -0.3 is 14.4 Å². The molecule has 0 aliphatic heterocycles. The molecular formula is C26H33N3O3. The smallest absolute Gasteiger partial charge is 0.225 e. The maximum Gasteiger partial charge on any atom is 0.225 e. The fourth-order valence-electron chi connectivity index (χ4n) is 3.66. The summed E-state index contributed by atoms with van der Waals surface area (Å²) < 4.78 is 13.4. The van der Waals surface area contributed by atoms with E-state index in [0.717, 1.165) is 16.8 Å². The van der Waals surface area contributed by atoms with Gasteiger partial charge in [0, 0.05) is 31.1 Å².